The molecule has 0 spiro atoms. The molecular formula is C18H19N3O2. The largest absolute Gasteiger partial charge is 0.378 e. The van der Waals surface area contributed by atoms with Crippen LogP contribution in [-0.4, -0.2) is 43.7 Å². The Kier molecular flexibility index (Phi) is 3.71. The highest BCUT2D eigenvalue weighted by molar-refractivity contribution is 6.06. The van der Waals surface area contributed by atoms with E-state index in [1.807, 2.05) is 35.2 Å². The molecule has 2 aromatic rings. The molecule has 0 saturated carbocycles. The monoisotopic (exact) mass is 309 g/mol. The molecule has 0 unspecified atom stereocenters. The second kappa shape index (κ2) is 6.01. The summed E-state index contributed by atoms with van der Waals surface area (Å²) in [7, 11) is 0. The average Bonchev–Trinajstić information content (AvgIpc) is 3.06. The molecule has 1 aromatic carbocycles. The second-order valence-electron chi connectivity index (χ2n) is 5.84. The Labute approximate surface area is 135 Å². The molecule has 3 heterocycles. The Morgan fingerprint density at radius 2 is 1.87 bits per heavy atom. The van der Waals surface area contributed by atoms with Crippen molar-refractivity contribution in [2.45, 2.75) is 6.42 Å². The number of carbonyl (C=O) groups excluding carboxylic acids is 1. The number of pyridine rings is 1. The van der Waals surface area contributed by atoms with Crippen molar-refractivity contribution >= 4 is 17.3 Å². The summed E-state index contributed by atoms with van der Waals surface area (Å²) >= 11 is 0. The average molecular weight is 309 g/mol. The molecule has 5 nitrogen and oxygen atoms in total. The summed E-state index contributed by atoms with van der Waals surface area (Å²) in [5.41, 5.74) is 3.78. The summed E-state index contributed by atoms with van der Waals surface area (Å²) in [5, 5.41) is 0. The van der Waals surface area contributed by atoms with E-state index < -0.39 is 0 Å². The van der Waals surface area contributed by atoms with Gasteiger partial charge in [-0.25, -0.2) is 4.98 Å². The molecule has 1 saturated heterocycles. The standard InChI is InChI=1S/C18H19N3O2/c22-18(21-8-7-14-3-1-2-4-17(14)21)16-6-5-15(13-19-16)20-9-11-23-12-10-20/h1-6,13H,7-12H2. The lowest BCUT2D eigenvalue weighted by Crippen LogP contribution is -2.36. The van der Waals surface area contributed by atoms with Crippen LogP contribution < -0.4 is 9.80 Å². The zero-order chi connectivity index (χ0) is 15.6. The molecule has 5 heteroatoms. The summed E-state index contributed by atoms with van der Waals surface area (Å²) in [5.74, 6) is -0.0246. The van der Waals surface area contributed by atoms with Gasteiger partial charge in [0.2, 0.25) is 0 Å². The van der Waals surface area contributed by atoms with Crippen molar-refractivity contribution in [2.75, 3.05) is 42.6 Å². The predicted octanol–water partition coefficient (Wildman–Crippen LogP) is 2.12. The zero-order valence-electron chi connectivity index (χ0n) is 12.9. The summed E-state index contributed by atoms with van der Waals surface area (Å²) in [4.78, 5) is 21.2. The molecule has 118 valence electrons. The van der Waals surface area contributed by atoms with Crippen LogP contribution in [0, 0.1) is 0 Å². The molecule has 2 aliphatic heterocycles. The summed E-state index contributed by atoms with van der Waals surface area (Å²) in [6.45, 7) is 3.95. The number of nitrogens with zero attached hydrogens (tertiary/aromatic N) is 3. The molecule has 0 bridgehead atoms. The van der Waals surface area contributed by atoms with Gasteiger partial charge in [-0.15, -0.1) is 0 Å². The number of fused-ring (bicyclic) bond motifs is 1. The number of ether oxygens (including phenoxy) is 1. The number of aromatic nitrogens is 1. The molecule has 1 aromatic heterocycles. The van der Waals surface area contributed by atoms with Gasteiger partial charge in [0.15, 0.2) is 0 Å². The maximum atomic E-state index is 12.7. The zero-order valence-corrected chi connectivity index (χ0v) is 12.9. The van der Waals surface area contributed by atoms with E-state index in [-0.39, 0.29) is 5.91 Å². The van der Waals surface area contributed by atoms with Gasteiger partial charge in [0, 0.05) is 25.3 Å². The van der Waals surface area contributed by atoms with E-state index in [0.717, 1.165) is 50.6 Å². The van der Waals surface area contributed by atoms with Crippen molar-refractivity contribution in [1.82, 2.24) is 4.98 Å². The number of hydrogen-bond acceptors (Lipinski definition) is 4. The molecule has 1 amide bonds. The molecule has 0 radical (unpaired) electrons. The van der Waals surface area contributed by atoms with Crippen LogP contribution in [0.3, 0.4) is 0 Å². The van der Waals surface area contributed by atoms with Gasteiger partial charge in [-0.2, -0.15) is 0 Å². The smallest absolute Gasteiger partial charge is 0.276 e. The predicted molar refractivity (Wildman–Crippen MR) is 89.1 cm³/mol. The minimum Gasteiger partial charge on any atom is -0.378 e. The van der Waals surface area contributed by atoms with E-state index in [2.05, 4.69) is 16.0 Å². The molecule has 2 aliphatic rings. The Morgan fingerprint density at radius 1 is 1.04 bits per heavy atom. The van der Waals surface area contributed by atoms with E-state index in [0.29, 0.717) is 5.69 Å². The molecule has 23 heavy (non-hydrogen) atoms. The fourth-order valence-electron chi connectivity index (χ4n) is 3.21. The number of rotatable bonds is 2. The quantitative estimate of drug-likeness (QED) is 0.852. The van der Waals surface area contributed by atoms with Crippen molar-refractivity contribution in [3.63, 3.8) is 0 Å². The van der Waals surface area contributed by atoms with Crippen LogP contribution in [0.25, 0.3) is 0 Å². The Morgan fingerprint density at radius 3 is 2.65 bits per heavy atom. The first-order chi connectivity index (χ1) is 11.3. The van der Waals surface area contributed by atoms with Crippen LogP contribution in [-0.2, 0) is 11.2 Å². The summed E-state index contributed by atoms with van der Waals surface area (Å²) in [6.07, 6.45) is 2.70. The van der Waals surface area contributed by atoms with Gasteiger partial charge in [0.1, 0.15) is 5.69 Å². The first kappa shape index (κ1) is 14.2. The fraction of sp³-hybridized carbons (Fsp3) is 0.333. The van der Waals surface area contributed by atoms with Crippen molar-refractivity contribution in [3.8, 4) is 0 Å². The first-order valence-electron chi connectivity index (χ1n) is 8.01. The normalized spacial score (nSPS) is 17.2. The van der Waals surface area contributed by atoms with Crippen LogP contribution in [0.1, 0.15) is 16.1 Å². The number of para-hydroxylation sites is 1. The van der Waals surface area contributed by atoms with Gasteiger partial charge >= 0.3 is 0 Å². The van der Waals surface area contributed by atoms with Crippen LogP contribution in [0.5, 0.6) is 0 Å². The van der Waals surface area contributed by atoms with E-state index in [1.54, 1.807) is 6.20 Å². The van der Waals surface area contributed by atoms with Gasteiger partial charge < -0.3 is 14.5 Å². The highest BCUT2D eigenvalue weighted by Crippen LogP contribution is 2.28. The summed E-state index contributed by atoms with van der Waals surface area (Å²) in [6, 6.07) is 11.9. The lowest BCUT2D eigenvalue weighted by Gasteiger charge is -2.28. The number of anilines is 2. The molecule has 4 rings (SSSR count). The Hall–Kier alpha value is -2.40. The van der Waals surface area contributed by atoms with Gasteiger partial charge in [0.25, 0.3) is 5.91 Å². The summed E-state index contributed by atoms with van der Waals surface area (Å²) < 4.78 is 5.36. The van der Waals surface area contributed by atoms with Crippen molar-refractivity contribution in [1.29, 1.82) is 0 Å². The molecule has 0 atom stereocenters. The molecular weight excluding hydrogens is 290 g/mol. The van der Waals surface area contributed by atoms with E-state index in [1.165, 1.54) is 5.56 Å². The van der Waals surface area contributed by atoms with Gasteiger partial charge in [-0.05, 0) is 30.2 Å². The van der Waals surface area contributed by atoms with Gasteiger partial charge in [-0.3, -0.25) is 4.79 Å². The molecule has 0 aliphatic carbocycles. The molecule has 0 N–H and O–H groups in total. The molecule has 1 fully saturated rings. The highest BCUT2D eigenvalue weighted by Gasteiger charge is 2.26. The highest BCUT2D eigenvalue weighted by atomic mass is 16.5. The number of carbonyl (C=O) groups is 1. The lowest BCUT2D eigenvalue weighted by atomic mass is 10.2. The number of amides is 1. The van der Waals surface area contributed by atoms with Crippen LogP contribution in [0.15, 0.2) is 42.6 Å². The van der Waals surface area contributed by atoms with Crippen LogP contribution in [0.4, 0.5) is 11.4 Å². The Balaban J connectivity index is 1.53. The topological polar surface area (TPSA) is 45.7 Å². The SMILES string of the molecule is O=C(c1ccc(N2CCOCC2)cn1)N1CCc2ccccc21. The van der Waals surface area contributed by atoms with Crippen LogP contribution in [0.2, 0.25) is 0 Å². The fourth-order valence-corrected chi connectivity index (χ4v) is 3.21. The minimum atomic E-state index is -0.0246. The third-order valence-electron chi connectivity index (χ3n) is 4.48. The maximum absolute atomic E-state index is 12.7. The number of morpholine rings is 1. The number of benzene rings is 1. The van der Waals surface area contributed by atoms with Gasteiger partial charge in [-0.1, -0.05) is 18.2 Å². The third kappa shape index (κ3) is 2.68. The Bertz CT molecular complexity index is 708. The van der Waals surface area contributed by atoms with Crippen molar-refractivity contribution in [2.24, 2.45) is 0 Å². The third-order valence-corrected chi connectivity index (χ3v) is 4.48. The van der Waals surface area contributed by atoms with Crippen molar-refractivity contribution < 1.29 is 9.53 Å². The first-order valence-corrected chi connectivity index (χ1v) is 8.01. The number of hydrogen-bond donors (Lipinski definition) is 0. The minimum absolute atomic E-state index is 0.0246. The van der Waals surface area contributed by atoms with Crippen LogP contribution >= 0.6 is 0 Å². The van der Waals surface area contributed by atoms with E-state index in [4.69, 9.17) is 4.74 Å². The lowest BCUT2D eigenvalue weighted by molar-refractivity contribution is 0.0984. The second-order valence-corrected chi connectivity index (χ2v) is 5.84. The van der Waals surface area contributed by atoms with Gasteiger partial charge in [0.05, 0.1) is 25.1 Å². The van der Waals surface area contributed by atoms with E-state index >= 15 is 0 Å². The maximum Gasteiger partial charge on any atom is 0.276 e. The van der Waals surface area contributed by atoms with Crippen molar-refractivity contribution in [3.05, 3.63) is 53.9 Å². The van der Waals surface area contributed by atoms with E-state index in [9.17, 15) is 4.79 Å².